The average molecular weight is 241 g/mol. The molecule has 0 aliphatic rings. The average Bonchev–Trinajstić information content (AvgIpc) is 2.26. The Morgan fingerprint density at radius 1 is 1.62 bits per heavy atom. The molecule has 0 fully saturated rings. The van der Waals surface area contributed by atoms with E-state index < -0.39 is 15.9 Å². The van der Waals surface area contributed by atoms with E-state index in [-0.39, 0.29) is 16.9 Å². The van der Waals surface area contributed by atoms with Gasteiger partial charge in [0.05, 0.1) is 23.7 Å². The lowest BCUT2D eigenvalue weighted by Gasteiger charge is -2.04. The standard InChI is InChI=1S/C9H5ClN2O4/c1-16-5-2-6(9(10)13)7(4-11)8(3-5)12(14)15/h2-3H,1H3. The van der Waals surface area contributed by atoms with Crippen LogP contribution in [0.3, 0.4) is 0 Å². The fourth-order valence-corrected chi connectivity index (χ4v) is 1.28. The van der Waals surface area contributed by atoms with Crippen LogP contribution < -0.4 is 4.74 Å². The van der Waals surface area contributed by atoms with Crippen LogP contribution in [0.2, 0.25) is 0 Å². The summed E-state index contributed by atoms with van der Waals surface area (Å²) in [7, 11) is 1.29. The molecule has 1 aromatic carbocycles. The molecule has 0 atom stereocenters. The lowest BCUT2D eigenvalue weighted by atomic mass is 10.1. The normalized spacial score (nSPS) is 9.31. The predicted octanol–water partition coefficient (Wildman–Crippen LogP) is 1.85. The highest BCUT2D eigenvalue weighted by Crippen LogP contribution is 2.28. The Balaban J connectivity index is 3.61. The van der Waals surface area contributed by atoms with Crippen molar-refractivity contribution in [2.24, 2.45) is 0 Å². The quantitative estimate of drug-likeness (QED) is 0.457. The van der Waals surface area contributed by atoms with Crippen molar-refractivity contribution in [1.29, 1.82) is 5.26 Å². The topological polar surface area (TPSA) is 93.2 Å². The first-order valence-corrected chi connectivity index (χ1v) is 4.35. The molecule has 0 spiro atoms. The molecule has 0 aliphatic carbocycles. The largest absolute Gasteiger partial charge is 0.496 e. The maximum Gasteiger partial charge on any atom is 0.291 e. The van der Waals surface area contributed by atoms with E-state index in [1.807, 2.05) is 0 Å². The van der Waals surface area contributed by atoms with Crippen LogP contribution in [0.15, 0.2) is 12.1 Å². The van der Waals surface area contributed by atoms with Crippen molar-refractivity contribution < 1.29 is 14.5 Å². The summed E-state index contributed by atoms with van der Waals surface area (Å²) >= 11 is 5.22. The number of benzene rings is 1. The molecule has 7 heteroatoms. The van der Waals surface area contributed by atoms with Crippen molar-refractivity contribution in [3.63, 3.8) is 0 Å². The second-order valence-corrected chi connectivity index (χ2v) is 3.05. The first-order valence-electron chi connectivity index (χ1n) is 3.97. The van der Waals surface area contributed by atoms with Crippen molar-refractivity contribution in [1.82, 2.24) is 0 Å². The third kappa shape index (κ3) is 2.10. The van der Waals surface area contributed by atoms with Gasteiger partial charge in [0.25, 0.3) is 10.9 Å². The second-order valence-electron chi connectivity index (χ2n) is 2.71. The fraction of sp³-hybridized carbons (Fsp3) is 0.111. The number of rotatable bonds is 3. The van der Waals surface area contributed by atoms with Gasteiger partial charge in [0.2, 0.25) is 0 Å². The van der Waals surface area contributed by atoms with Gasteiger partial charge in [-0.05, 0) is 17.7 Å². The van der Waals surface area contributed by atoms with Gasteiger partial charge in [0, 0.05) is 0 Å². The molecule has 0 heterocycles. The van der Waals surface area contributed by atoms with Crippen LogP contribution in [0.25, 0.3) is 0 Å². The number of nitro groups is 1. The Hall–Kier alpha value is -2.13. The number of carbonyl (C=O) groups excluding carboxylic acids is 1. The Kier molecular flexibility index (Phi) is 3.43. The third-order valence-electron chi connectivity index (χ3n) is 1.85. The number of hydrogen-bond acceptors (Lipinski definition) is 5. The Labute approximate surface area is 95.2 Å². The predicted molar refractivity (Wildman–Crippen MR) is 54.5 cm³/mol. The van der Waals surface area contributed by atoms with Crippen LogP contribution in [-0.2, 0) is 0 Å². The van der Waals surface area contributed by atoms with E-state index in [1.165, 1.54) is 13.2 Å². The summed E-state index contributed by atoms with van der Waals surface area (Å²) in [5, 5.41) is 18.5. The number of nitro benzene ring substituents is 1. The highest BCUT2D eigenvalue weighted by atomic mass is 35.5. The van der Waals surface area contributed by atoms with Crippen molar-refractivity contribution in [3.8, 4) is 11.8 Å². The van der Waals surface area contributed by atoms with Crippen LogP contribution >= 0.6 is 11.6 Å². The minimum atomic E-state index is -0.946. The van der Waals surface area contributed by atoms with E-state index >= 15 is 0 Å². The van der Waals surface area contributed by atoms with Gasteiger partial charge in [-0.1, -0.05) is 0 Å². The molecule has 16 heavy (non-hydrogen) atoms. The van der Waals surface area contributed by atoms with Crippen LogP contribution in [0.1, 0.15) is 15.9 Å². The number of hydrogen-bond donors (Lipinski definition) is 0. The summed E-state index contributed by atoms with van der Waals surface area (Å²) in [5.41, 5.74) is -1.12. The van der Waals surface area contributed by atoms with Crippen LogP contribution in [-0.4, -0.2) is 17.3 Å². The second kappa shape index (κ2) is 4.59. The molecule has 0 unspecified atom stereocenters. The summed E-state index contributed by atoms with van der Waals surface area (Å²) in [5.74, 6) is 0.0923. The molecule has 0 saturated heterocycles. The van der Waals surface area contributed by atoms with Gasteiger partial charge in [-0.15, -0.1) is 0 Å². The molecule has 0 N–H and O–H groups in total. The lowest BCUT2D eigenvalue weighted by Crippen LogP contribution is -2.01. The highest BCUT2D eigenvalue weighted by Gasteiger charge is 2.23. The third-order valence-corrected chi connectivity index (χ3v) is 2.05. The Bertz CT molecular complexity index is 472. The zero-order valence-electron chi connectivity index (χ0n) is 8.06. The Morgan fingerprint density at radius 3 is 2.62 bits per heavy atom. The zero-order chi connectivity index (χ0) is 12.3. The summed E-state index contributed by atoms with van der Waals surface area (Å²) in [6.45, 7) is 0. The number of nitriles is 1. The molecule has 82 valence electrons. The van der Waals surface area contributed by atoms with E-state index in [0.717, 1.165) is 6.07 Å². The SMILES string of the molecule is COc1cc(C(=O)Cl)c(C#N)c([N+](=O)[O-])c1. The fourth-order valence-electron chi connectivity index (χ4n) is 1.14. The number of carbonyl (C=O) groups is 1. The molecule has 1 aromatic rings. The van der Waals surface area contributed by atoms with Crippen LogP contribution in [0.5, 0.6) is 5.75 Å². The van der Waals surface area contributed by atoms with Gasteiger partial charge >= 0.3 is 0 Å². The van der Waals surface area contributed by atoms with Gasteiger partial charge in [0.1, 0.15) is 17.4 Å². The number of ether oxygens (including phenoxy) is 1. The first-order chi connectivity index (χ1) is 7.51. The lowest BCUT2D eigenvalue weighted by molar-refractivity contribution is -0.385. The summed E-state index contributed by atoms with van der Waals surface area (Å²) < 4.78 is 4.77. The van der Waals surface area contributed by atoms with Crippen molar-refractivity contribution >= 4 is 22.5 Å². The van der Waals surface area contributed by atoms with Gasteiger partial charge in [-0.3, -0.25) is 14.9 Å². The van der Waals surface area contributed by atoms with Crippen LogP contribution in [0.4, 0.5) is 5.69 Å². The van der Waals surface area contributed by atoms with Crippen molar-refractivity contribution in [3.05, 3.63) is 33.4 Å². The number of halogens is 1. The van der Waals surface area contributed by atoms with Gasteiger partial charge in [-0.2, -0.15) is 5.26 Å². The molecular weight excluding hydrogens is 236 g/mol. The molecule has 0 aromatic heterocycles. The van der Waals surface area contributed by atoms with E-state index in [2.05, 4.69) is 0 Å². The molecule has 6 nitrogen and oxygen atoms in total. The van der Waals surface area contributed by atoms with E-state index in [1.54, 1.807) is 6.07 Å². The minimum absolute atomic E-state index is 0.0923. The first kappa shape index (κ1) is 11.9. The van der Waals surface area contributed by atoms with Crippen LogP contribution in [0, 0.1) is 21.4 Å². The van der Waals surface area contributed by atoms with E-state index in [4.69, 9.17) is 21.6 Å². The smallest absolute Gasteiger partial charge is 0.291 e. The van der Waals surface area contributed by atoms with Gasteiger partial charge in [-0.25, -0.2) is 0 Å². The number of methoxy groups -OCH3 is 1. The molecule has 0 radical (unpaired) electrons. The summed E-state index contributed by atoms with van der Waals surface area (Å²) in [6.07, 6.45) is 0. The van der Waals surface area contributed by atoms with Crippen molar-refractivity contribution in [2.75, 3.05) is 7.11 Å². The summed E-state index contributed by atoms with van der Waals surface area (Å²) in [6, 6.07) is 3.81. The van der Waals surface area contributed by atoms with E-state index in [9.17, 15) is 14.9 Å². The molecule has 0 saturated carbocycles. The van der Waals surface area contributed by atoms with E-state index in [0.29, 0.717) is 0 Å². The molecule has 0 bridgehead atoms. The number of nitrogens with zero attached hydrogens (tertiary/aromatic N) is 2. The zero-order valence-corrected chi connectivity index (χ0v) is 8.82. The molecular formula is C9H5ClN2O4. The minimum Gasteiger partial charge on any atom is -0.496 e. The molecule has 1 rings (SSSR count). The monoisotopic (exact) mass is 240 g/mol. The molecule has 0 amide bonds. The van der Waals surface area contributed by atoms with Crippen molar-refractivity contribution in [2.45, 2.75) is 0 Å². The van der Waals surface area contributed by atoms with Gasteiger partial charge in [0.15, 0.2) is 0 Å². The Morgan fingerprint density at radius 2 is 2.25 bits per heavy atom. The van der Waals surface area contributed by atoms with Gasteiger partial charge < -0.3 is 4.74 Å². The maximum atomic E-state index is 11.0. The summed E-state index contributed by atoms with van der Waals surface area (Å²) in [4.78, 5) is 20.9. The maximum absolute atomic E-state index is 11.0. The molecule has 0 aliphatic heterocycles. The highest BCUT2D eigenvalue weighted by molar-refractivity contribution is 6.68.